The summed E-state index contributed by atoms with van der Waals surface area (Å²) >= 11 is 1.54. The Bertz CT molecular complexity index is 814. The topological polar surface area (TPSA) is 73.3 Å². The molecule has 6 nitrogen and oxygen atoms in total. The number of esters is 1. The summed E-state index contributed by atoms with van der Waals surface area (Å²) in [5.41, 5.74) is 2.06. The van der Waals surface area contributed by atoms with Gasteiger partial charge >= 0.3 is 5.97 Å². The second-order valence-corrected chi connectivity index (χ2v) is 5.75. The molecule has 0 atom stereocenters. The number of anilines is 1. The van der Waals surface area contributed by atoms with Crippen LogP contribution in [-0.2, 0) is 11.3 Å². The molecule has 3 rings (SSSR count). The van der Waals surface area contributed by atoms with E-state index in [1.165, 1.54) is 25.6 Å². The zero-order chi connectivity index (χ0) is 16.2. The molecule has 1 aromatic carbocycles. The van der Waals surface area contributed by atoms with Crippen molar-refractivity contribution in [3.63, 3.8) is 0 Å². The number of aromatic nitrogens is 2. The maximum atomic E-state index is 11.8. The van der Waals surface area contributed by atoms with Crippen molar-refractivity contribution >= 4 is 32.8 Å². The lowest BCUT2D eigenvalue weighted by Crippen LogP contribution is -2.06. The fraction of sp³-hybridized carbons (Fsp3) is 0.188. The molecule has 0 radical (unpaired) electrons. The second-order valence-electron chi connectivity index (χ2n) is 4.72. The largest absolute Gasteiger partial charge is 0.496 e. The van der Waals surface area contributed by atoms with Crippen LogP contribution in [-0.4, -0.2) is 30.2 Å². The third kappa shape index (κ3) is 3.24. The summed E-state index contributed by atoms with van der Waals surface area (Å²) in [6.07, 6.45) is 1.72. The highest BCUT2D eigenvalue weighted by Gasteiger charge is 2.13. The first-order valence-corrected chi connectivity index (χ1v) is 7.73. The minimum Gasteiger partial charge on any atom is -0.496 e. The molecule has 23 heavy (non-hydrogen) atoms. The predicted octanol–water partition coefficient (Wildman–Crippen LogP) is 3.10. The molecule has 0 aliphatic rings. The quantitative estimate of drug-likeness (QED) is 0.725. The van der Waals surface area contributed by atoms with E-state index in [9.17, 15) is 4.79 Å². The van der Waals surface area contributed by atoms with Gasteiger partial charge in [0.25, 0.3) is 0 Å². The first-order valence-electron chi connectivity index (χ1n) is 6.92. The van der Waals surface area contributed by atoms with Gasteiger partial charge in [-0.3, -0.25) is 0 Å². The van der Waals surface area contributed by atoms with Gasteiger partial charge in [0.2, 0.25) is 0 Å². The molecule has 0 saturated carbocycles. The van der Waals surface area contributed by atoms with Crippen LogP contribution in [0.4, 0.5) is 5.13 Å². The number of carbonyl (C=O) groups excluding carboxylic acids is 1. The highest BCUT2D eigenvalue weighted by Crippen LogP contribution is 2.25. The van der Waals surface area contributed by atoms with Crippen LogP contribution in [0.15, 0.2) is 36.5 Å². The molecular weight excluding hydrogens is 314 g/mol. The number of methoxy groups -OCH3 is 2. The maximum Gasteiger partial charge on any atom is 0.341 e. The van der Waals surface area contributed by atoms with E-state index >= 15 is 0 Å². The highest BCUT2D eigenvalue weighted by atomic mass is 32.1. The SMILES string of the molecule is COC(=O)c1cc(CNc2nc3ncccc3s2)ccc1OC. The fourth-order valence-electron chi connectivity index (χ4n) is 2.16. The van der Waals surface area contributed by atoms with E-state index < -0.39 is 5.97 Å². The Morgan fingerprint density at radius 1 is 1.30 bits per heavy atom. The summed E-state index contributed by atoms with van der Waals surface area (Å²) in [6, 6.07) is 9.26. The second kappa shape index (κ2) is 6.62. The van der Waals surface area contributed by atoms with E-state index in [0.29, 0.717) is 17.9 Å². The van der Waals surface area contributed by atoms with Crippen LogP contribution in [0, 0.1) is 0 Å². The number of pyridine rings is 1. The molecule has 7 heteroatoms. The Labute approximate surface area is 137 Å². The van der Waals surface area contributed by atoms with Crippen LogP contribution in [0.3, 0.4) is 0 Å². The summed E-state index contributed by atoms with van der Waals surface area (Å²) < 4.78 is 11.0. The molecule has 0 amide bonds. The normalized spacial score (nSPS) is 10.5. The van der Waals surface area contributed by atoms with Crippen molar-refractivity contribution in [2.45, 2.75) is 6.54 Å². The third-order valence-corrected chi connectivity index (χ3v) is 4.25. The van der Waals surface area contributed by atoms with Crippen LogP contribution in [0.5, 0.6) is 5.75 Å². The van der Waals surface area contributed by atoms with Crippen LogP contribution in [0.2, 0.25) is 0 Å². The lowest BCUT2D eigenvalue weighted by atomic mass is 10.1. The molecule has 0 bridgehead atoms. The number of hydrogen-bond acceptors (Lipinski definition) is 7. The highest BCUT2D eigenvalue weighted by molar-refractivity contribution is 7.22. The number of nitrogens with zero attached hydrogens (tertiary/aromatic N) is 2. The smallest absolute Gasteiger partial charge is 0.341 e. The van der Waals surface area contributed by atoms with E-state index in [4.69, 9.17) is 9.47 Å². The van der Waals surface area contributed by atoms with Gasteiger partial charge < -0.3 is 14.8 Å². The Kier molecular flexibility index (Phi) is 4.38. The molecule has 0 spiro atoms. The van der Waals surface area contributed by atoms with Crippen molar-refractivity contribution in [2.75, 3.05) is 19.5 Å². The summed E-state index contributed by atoms with van der Waals surface area (Å²) in [5, 5.41) is 4.03. The Morgan fingerprint density at radius 3 is 2.91 bits per heavy atom. The van der Waals surface area contributed by atoms with Gasteiger partial charge in [0.1, 0.15) is 11.3 Å². The maximum absolute atomic E-state index is 11.8. The zero-order valence-electron chi connectivity index (χ0n) is 12.7. The van der Waals surface area contributed by atoms with Crippen LogP contribution < -0.4 is 10.1 Å². The number of carbonyl (C=O) groups is 1. The van der Waals surface area contributed by atoms with Crippen LogP contribution >= 0.6 is 11.3 Å². The molecule has 0 unspecified atom stereocenters. The van der Waals surface area contributed by atoms with Crippen LogP contribution in [0.25, 0.3) is 10.3 Å². The first kappa shape index (κ1) is 15.2. The number of ether oxygens (including phenoxy) is 2. The van der Waals surface area contributed by atoms with Crippen molar-refractivity contribution in [3.8, 4) is 5.75 Å². The standard InChI is InChI=1S/C16H15N3O3S/c1-21-12-6-5-10(8-11(12)15(20)22-2)9-18-16-19-14-13(23-16)4-3-7-17-14/h3-8H,9H2,1-2H3,(H,17,18,19). The van der Waals surface area contributed by atoms with Gasteiger partial charge in [0.05, 0.1) is 18.9 Å². The minimum atomic E-state index is -0.423. The Morgan fingerprint density at radius 2 is 2.17 bits per heavy atom. The number of hydrogen-bond donors (Lipinski definition) is 1. The summed E-state index contributed by atoms with van der Waals surface area (Å²) in [7, 11) is 2.87. The minimum absolute atomic E-state index is 0.403. The van der Waals surface area contributed by atoms with Gasteiger partial charge in [-0.1, -0.05) is 17.4 Å². The van der Waals surface area contributed by atoms with Gasteiger partial charge in [-0.05, 0) is 29.8 Å². The van der Waals surface area contributed by atoms with E-state index in [-0.39, 0.29) is 0 Å². The lowest BCUT2D eigenvalue weighted by molar-refractivity contribution is 0.0597. The molecule has 118 valence electrons. The number of thiazole rings is 1. The van der Waals surface area contributed by atoms with Gasteiger partial charge in [0, 0.05) is 12.7 Å². The molecule has 0 fully saturated rings. The molecule has 2 aromatic heterocycles. The molecule has 3 aromatic rings. The van der Waals surface area contributed by atoms with Gasteiger partial charge in [-0.2, -0.15) is 0 Å². The van der Waals surface area contributed by atoms with Crippen molar-refractivity contribution in [3.05, 3.63) is 47.7 Å². The van der Waals surface area contributed by atoms with E-state index in [0.717, 1.165) is 21.0 Å². The van der Waals surface area contributed by atoms with E-state index in [1.807, 2.05) is 18.2 Å². The third-order valence-electron chi connectivity index (χ3n) is 3.28. The van der Waals surface area contributed by atoms with Crippen molar-refractivity contribution in [2.24, 2.45) is 0 Å². The van der Waals surface area contributed by atoms with Crippen LogP contribution in [0.1, 0.15) is 15.9 Å². The molecule has 0 saturated heterocycles. The number of benzene rings is 1. The van der Waals surface area contributed by atoms with Crippen molar-refractivity contribution < 1.29 is 14.3 Å². The Hall–Kier alpha value is -2.67. The van der Waals surface area contributed by atoms with E-state index in [2.05, 4.69) is 15.3 Å². The summed E-state index contributed by atoms with van der Waals surface area (Å²) in [4.78, 5) is 20.4. The molecule has 0 aliphatic heterocycles. The first-order chi connectivity index (χ1) is 11.2. The molecular formula is C16H15N3O3S. The van der Waals surface area contributed by atoms with Crippen molar-refractivity contribution in [1.29, 1.82) is 0 Å². The monoisotopic (exact) mass is 329 g/mol. The average Bonchev–Trinajstić information content (AvgIpc) is 3.02. The molecule has 2 heterocycles. The average molecular weight is 329 g/mol. The van der Waals surface area contributed by atoms with E-state index in [1.54, 1.807) is 18.3 Å². The predicted molar refractivity (Wildman–Crippen MR) is 89.1 cm³/mol. The Balaban J connectivity index is 1.78. The van der Waals surface area contributed by atoms with Gasteiger partial charge in [-0.15, -0.1) is 0 Å². The fourth-order valence-corrected chi connectivity index (χ4v) is 2.98. The van der Waals surface area contributed by atoms with Crippen molar-refractivity contribution in [1.82, 2.24) is 9.97 Å². The zero-order valence-corrected chi connectivity index (χ0v) is 13.5. The number of rotatable bonds is 5. The number of fused-ring (bicyclic) bond motifs is 1. The molecule has 1 N–H and O–H groups in total. The lowest BCUT2D eigenvalue weighted by Gasteiger charge is -2.09. The number of nitrogens with one attached hydrogen (secondary N) is 1. The van der Waals surface area contributed by atoms with Gasteiger partial charge in [0.15, 0.2) is 10.8 Å². The van der Waals surface area contributed by atoms with Gasteiger partial charge in [-0.25, -0.2) is 14.8 Å². The summed E-state index contributed by atoms with van der Waals surface area (Å²) in [5.74, 6) is 0.0673. The summed E-state index contributed by atoms with van der Waals surface area (Å²) in [6.45, 7) is 0.536. The molecule has 0 aliphatic carbocycles.